The molecule has 1 saturated heterocycles. The maximum atomic E-state index is 10.8. The highest BCUT2D eigenvalue weighted by molar-refractivity contribution is 7.78. The Morgan fingerprint density at radius 2 is 2.36 bits per heavy atom. The van der Waals surface area contributed by atoms with Crippen molar-refractivity contribution in [2.45, 2.75) is 31.3 Å². The van der Waals surface area contributed by atoms with Gasteiger partial charge in [-0.25, -0.2) is 0 Å². The second-order valence-electron chi connectivity index (χ2n) is 3.26. The lowest BCUT2D eigenvalue weighted by atomic mass is 10.2. The van der Waals surface area contributed by atoms with Gasteiger partial charge in [-0.15, -0.1) is 0 Å². The maximum Gasteiger partial charge on any atom is 0.258 e. The largest absolute Gasteiger partial charge is 0.383 e. The fourth-order valence-electron chi connectivity index (χ4n) is 1.10. The number of thiol groups is 1. The van der Waals surface area contributed by atoms with Crippen LogP contribution in [0, 0.1) is 0 Å². The molecule has 0 aromatic carbocycles. The monoisotopic (exact) mass is 220 g/mol. The van der Waals surface area contributed by atoms with E-state index >= 15 is 0 Å². The van der Waals surface area contributed by atoms with Crippen LogP contribution in [0.1, 0.15) is 12.8 Å². The van der Waals surface area contributed by atoms with Crippen LogP contribution in [0.4, 0.5) is 0 Å². The van der Waals surface area contributed by atoms with E-state index in [2.05, 4.69) is 28.2 Å². The topological polar surface area (TPSA) is 109 Å². The molecule has 1 aliphatic heterocycles. The van der Waals surface area contributed by atoms with Crippen LogP contribution in [-0.2, 0) is 4.79 Å². The molecule has 6 N–H and O–H groups in total. The molecule has 0 bridgehead atoms. The highest BCUT2D eigenvalue weighted by atomic mass is 32.1. The van der Waals surface area contributed by atoms with Crippen LogP contribution in [-0.4, -0.2) is 36.0 Å². The van der Waals surface area contributed by atoms with Crippen LogP contribution in [0.25, 0.3) is 0 Å². The Balaban J connectivity index is 1.95. The summed E-state index contributed by atoms with van der Waals surface area (Å²) in [5.41, 5.74) is 5.48. The summed E-state index contributed by atoms with van der Waals surface area (Å²) in [6.45, 7) is 0.724. The van der Waals surface area contributed by atoms with Crippen molar-refractivity contribution < 1.29 is 9.90 Å². The van der Waals surface area contributed by atoms with E-state index in [1.54, 1.807) is 0 Å². The van der Waals surface area contributed by atoms with Gasteiger partial charge in [0.05, 0.1) is 12.3 Å². The Kier molecular flexibility index (Phi) is 4.63. The summed E-state index contributed by atoms with van der Waals surface area (Å²) in [5, 5.41) is 15.3. The third-order valence-electron chi connectivity index (χ3n) is 2.05. The van der Waals surface area contributed by atoms with Gasteiger partial charge < -0.3 is 15.6 Å². The van der Waals surface area contributed by atoms with Crippen molar-refractivity contribution in [3.05, 3.63) is 0 Å². The van der Waals surface area contributed by atoms with Crippen LogP contribution < -0.4 is 21.1 Å². The number of nitrogens with two attached hydrogens (primary N) is 1. The number of aliphatic hydroxyl groups is 1. The van der Waals surface area contributed by atoms with Gasteiger partial charge in [-0.2, -0.15) is 0 Å². The van der Waals surface area contributed by atoms with Crippen LogP contribution in [0.3, 0.4) is 0 Å². The molecule has 0 aliphatic carbocycles. The molecule has 1 amide bonds. The predicted octanol–water partition coefficient (Wildman–Crippen LogP) is -2.11. The van der Waals surface area contributed by atoms with Gasteiger partial charge in [0.25, 0.3) is 5.91 Å². The summed E-state index contributed by atoms with van der Waals surface area (Å²) >= 11 is 3.55. The molecule has 3 unspecified atom stereocenters. The number of carbonyl (C=O) groups is 1. The van der Waals surface area contributed by atoms with Crippen molar-refractivity contribution in [3.63, 3.8) is 0 Å². The SMILES string of the molecule is NC1NC1NCCCC(O)C(=O)NS. The summed E-state index contributed by atoms with van der Waals surface area (Å²) in [6.07, 6.45) is 0.385. The Hall–Kier alpha value is -0.340. The van der Waals surface area contributed by atoms with Gasteiger partial charge in [-0.3, -0.25) is 15.4 Å². The number of rotatable bonds is 6. The average molecular weight is 220 g/mol. The van der Waals surface area contributed by atoms with E-state index in [-0.39, 0.29) is 12.3 Å². The molecule has 82 valence electrons. The van der Waals surface area contributed by atoms with E-state index in [1.165, 1.54) is 0 Å². The Morgan fingerprint density at radius 3 is 2.86 bits per heavy atom. The number of hydrogen-bond donors (Lipinski definition) is 6. The second-order valence-corrected chi connectivity index (χ2v) is 3.48. The third kappa shape index (κ3) is 3.81. The Morgan fingerprint density at radius 1 is 1.71 bits per heavy atom. The first-order valence-corrected chi connectivity index (χ1v) is 4.97. The molecule has 1 fully saturated rings. The molecule has 7 heteroatoms. The van der Waals surface area contributed by atoms with Gasteiger partial charge in [-0.05, 0) is 19.4 Å². The normalized spacial score (nSPS) is 27.1. The lowest BCUT2D eigenvalue weighted by molar-refractivity contribution is -0.127. The lowest BCUT2D eigenvalue weighted by Gasteiger charge is -2.08. The average Bonchev–Trinajstić information content (AvgIpc) is 2.87. The molecule has 0 spiro atoms. The summed E-state index contributed by atoms with van der Waals surface area (Å²) in [7, 11) is 0. The number of carbonyl (C=O) groups excluding carboxylic acids is 1. The highest BCUT2D eigenvalue weighted by Crippen LogP contribution is 2.01. The molecule has 0 aromatic heterocycles. The van der Waals surface area contributed by atoms with E-state index in [4.69, 9.17) is 5.73 Å². The second kappa shape index (κ2) is 5.52. The van der Waals surface area contributed by atoms with E-state index in [0.717, 1.165) is 6.54 Å². The Labute approximate surface area is 88.2 Å². The molecule has 1 rings (SSSR count). The molecule has 6 nitrogen and oxygen atoms in total. The molecule has 3 atom stereocenters. The van der Waals surface area contributed by atoms with Crippen LogP contribution in [0.2, 0.25) is 0 Å². The quantitative estimate of drug-likeness (QED) is 0.174. The van der Waals surface area contributed by atoms with Gasteiger partial charge >= 0.3 is 0 Å². The molecule has 14 heavy (non-hydrogen) atoms. The highest BCUT2D eigenvalue weighted by Gasteiger charge is 2.31. The van der Waals surface area contributed by atoms with Crippen molar-refractivity contribution in [2.75, 3.05) is 6.54 Å². The zero-order valence-electron chi connectivity index (χ0n) is 7.73. The lowest BCUT2D eigenvalue weighted by Crippen LogP contribution is -2.30. The van der Waals surface area contributed by atoms with Crippen LogP contribution in [0.5, 0.6) is 0 Å². The van der Waals surface area contributed by atoms with E-state index in [9.17, 15) is 9.90 Å². The number of nitrogens with one attached hydrogen (secondary N) is 3. The summed E-state index contributed by atoms with van der Waals surface area (Å²) in [4.78, 5) is 10.8. The van der Waals surface area contributed by atoms with E-state index in [0.29, 0.717) is 12.8 Å². The minimum atomic E-state index is -0.977. The van der Waals surface area contributed by atoms with Crippen LogP contribution in [0.15, 0.2) is 0 Å². The van der Waals surface area contributed by atoms with Crippen molar-refractivity contribution in [1.82, 2.24) is 15.4 Å². The standard InChI is InChI=1S/C7H16N4O2S/c8-5-6(10-5)9-3-1-2-4(12)7(13)11-14/h4-6,9-10,12,14H,1-3,8H2,(H,11,13). The summed E-state index contributed by atoms with van der Waals surface area (Å²) < 4.78 is 2.09. The molecule has 0 saturated carbocycles. The minimum absolute atomic E-state index is 0.0423. The van der Waals surface area contributed by atoms with Gasteiger partial charge in [0, 0.05) is 0 Å². The van der Waals surface area contributed by atoms with Crippen molar-refractivity contribution in [2.24, 2.45) is 5.73 Å². The molecular formula is C7H16N4O2S. The first-order chi connectivity index (χ1) is 6.65. The Bertz CT molecular complexity index is 204. The van der Waals surface area contributed by atoms with Crippen molar-refractivity contribution in [1.29, 1.82) is 0 Å². The van der Waals surface area contributed by atoms with Gasteiger partial charge in [0.15, 0.2) is 0 Å². The first-order valence-electron chi connectivity index (χ1n) is 4.52. The maximum absolute atomic E-state index is 10.8. The molecule has 1 aliphatic rings. The number of hydrogen-bond acceptors (Lipinski definition) is 6. The fourth-order valence-corrected chi connectivity index (χ4v) is 1.25. The summed E-state index contributed by atoms with van der Waals surface area (Å²) in [6, 6.07) is 0. The zero-order chi connectivity index (χ0) is 10.6. The molecule has 1 heterocycles. The zero-order valence-corrected chi connectivity index (χ0v) is 8.63. The summed E-state index contributed by atoms with van der Waals surface area (Å²) in [5.74, 6) is -0.463. The van der Waals surface area contributed by atoms with E-state index < -0.39 is 12.0 Å². The van der Waals surface area contributed by atoms with Crippen LogP contribution >= 0.6 is 12.8 Å². The first kappa shape index (κ1) is 11.7. The molecule has 0 aromatic rings. The van der Waals surface area contributed by atoms with Crippen molar-refractivity contribution >= 4 is 18.7 Å². The van der Waals surface area contributed by atoms with Gasteiger partial charge in [-0.1, -0.05) is 12.8 Å². The number of amides is 1. The van der Waals surface area contributed by atoms with Gasteiger partial charge in [0.1, 0.15) is 6.10 Å². The smallest absolute Gasteiger partial charge is 0.258 e. The van der Waals surface area contributed by atoms with Gasteiger partial charge in [0.2, 0.25) is 0 Å². The predicted molar refractivity (Wildman–Crippen MR) is 55.3 cm³/mol. The minimum Gasteiger partial charge on any atom is -0.383 e. The molecule has 0 radical (unpaired) electrons. The van der Waals surface area contributed by atoms with Crippen molar-refractivity contribution in [3.8, 4) is 0 Å². The molecular weight excluding hydrogens is 204 g/mol. The number of aliphatic hydroxyl groups excluding tert-OH is 1. The fraction of sp³-hybridized carbons (Fsp3) is 0.857. The third-order valence-corrected chi connectivity index (χ3v) is 2.27. The van der Waals surface area contributed by atoms with E-state index in [1.807, 2.05) is 0 Å².